The van der Waals surface area contributed by atoms with E-state index in [9.17, 15) is 0 Å². The van der Waals surface area contributed by atoms with E-state index in [4.69, 9.17) is 0 Å². The lowest BCUT2D eigenvalue weighted by Gasteiger charge is -2.04. The summed E-state index contributed by atoms with van der Waals surface area (Å²) in [5.41, 5.74) is 2.05. The molecule has 15 heavy (non-hydrogen) atoms. The maximum atomic E-state index is 4.15. The highest BCUT2D eigenvalue weighted by atomic mass is 32.2. The van der Waals surface area contributed by atoms with Crippen molar-refractivity contribution < 1.29 is 0 Å². The van der Waals surface area contributed by atoms with Crippen LogP contribution >= 0.6 is 11.8 Å². The molecule has 0 bridgehead atoms. The smallest absolute Gasteiger partial charge is 0.103 e. The standard InChI is InChI=1S/C12H14N2S/c1-10(13-2)12(15-3)5-4-11-6-8-14-9-7-11/h6-9,12H,1-3H3. The first kappa shape index (κ1) is 11.8. The molecule has 1 heterocycles. The molecule has 1 rings (SSSR count). The fraction of sp³-hybridized carbons (Fsp3) is 0.333. The van der Waals surface area contributed by atoms with Crippen molar-refractivity contribution in [3.63, 3.8) is 0 Å². The Kier molecular flexibility index (Phi) is 4.92. The molecule has 0 aliphatic heterocycles. The molecular weight excluding hydrogens is 204 g/mol. The zero-order chi connectivity index (χ0) is 11.1. The maximum Gasteiger partial charge on any atom is 0.103 e. The number of rotatable bonds is 2. The summed E-state index contributed by atoms with van der Waals surface area (Å²) < 4.78 is 0. The molecule has 3 heteroatoms. The zero-order valence-electron chi connectivity index (χ0n) is 9.19. The summed E-state index contributed by atoms with van der Waals surface area (Å²) in [7, 11) is 1.80. The van der Waals surface area contributed by atoms with Gasteiger partial charge in [0.2, 0.25) is 0 Å². The average Bonchev–Trinajstić information content (AvgIpc) is 2.31. The topological polar surface area (TPSA) is 25.2 Å². The molecule has 0 aromatic carbocycles. The fourth-order valence-corrected chi connectivity index (χ4v) is 1.66. The van der Waals surface area contributed by atoms with Gasteiger partial charge in [-0.1, -0.05) is 11.8 Å². The molecule has 0 saturated carbocycles. The molecule has 1 atom stereocenters. The Morgan fingerprint density at radius 2 is 2.13 bits per heavy atom. The van der Waals surface area contributed by atoms with Crippen molar-refractivity contribution in [2.75, 3.05) is 13.3 Å². The third-order valence-electron chi connectivity index (χ3n) is 2.00. The van der Waals surface area contributed by atoms with E-state index in [2.05, 4.69) is 21.8 Å². The molecule has 0 saturated heterocycles. The highest BCUT2D eigenvalue weighted by molar-refractivity contribution is 8.00. The quantitative estimate of drug-likeness (QED) is 0.562. The molecule has 1 aromatic heterocycles. The van der Waals surface area contributed by atoms with Gasteiger partial charge >= 0.3 is 0 Å². The molecule has 0 radical (unpaired) electrons. The van der Waals surface area contributed by atoms with Crippen LogP contribution < -0.4 is 0 Å². The summed E-state index contributed by atoms with van der Waals surface area (Å²) in [6.45, 7) is 2.00. The lowest BCUT2D eigenvalue weighted by Crippen LogP contribution is -2.10. The summed E-state index contributed by atoms with van der Waals surface area (Å²) >= 11 is 1.70. The van der Waals surface area contributed by atoms with Crippen molar-refractivity contribution in [2.45, 2.75) is 12.2 Å². The van der Waals surface area contributed by atoms with Gasteiger partial charge in [-0.15, -0.1) is 11.8 Å². The summed E-state index contributed by atoms with van der Waals surface area (Å²) in [5, 5.41) is 0.183. The minimum atomic E-state index is 0.183. The van der Waals surface area contributed by atoms with Gasteiger partial charge in [0.05, 0.1) is 0 Å². The molecule has 0 spiro atoms. The van der Waals surface area contributed by atoms with Crippen molar-refractivity contribution in [1.29, 1.82) is 0 Å². The van der Waals surface area contributed by atoms with Crippen molar-refractivity contribution in [2.24, 2.45) is 4.99 Å². The molecule has 0 fully saturated rings. The monoisotopic (exact) mass is 218 g/mol. The second kappa shape index (κ2) is 6.26. The van der Waals surface area contributed by atoms with Crippen LogP contribution in [0.5, 0.6) is 0 Å². The van der Waals surface area contributed by atoms with Crippen LogP contribution in [0.15, 0.2) is 29.5 Å². The number of hydrogen-bond donors (Lipinski definition) is 0. The van der Waals surface area contributed by atoms with Crippen molar-refractivity contribution >= 4 is 17.5 Å². The van der Waals surface area contributed by atoms with E-state index in [1.54, 1.807) is 31.2 Å². The Morgan fingerprint density at radius 1 is 1.47 bits per heavy atom. The van der Waals surface area contributed by atoms with E-state index in [1.807, 2.05) is 25.3 Å². The summed E-state index contributed by atoms with van der Waals surface area (Å²) in [4.78, 5) is 8.10. The number of nitrogens with zero attached hydrogens (tertiary/aromatic N) is 2. The highest BCUT2D eigenvalue weighted by Gasteiger charge is 2.04. The van der Waals surface area contributed by atoms with Gasteiger partial charge < -0.3 is 0 Å². The molecule has 78 valence electrons. The number of pyridine rings is 1. The molecule has 0 aliphatic carbocycles. The molecule has 1 aromatic rings. The van der Waals surface area contributed by atoms with Crippen molar-refractivity contribution in [3.8, 4) is 11.8 Å². The normalized spacial score (nSPS) is 12.9. The lowest BCUT2D eigenvalue weighted by molar-refractivity contribution is 1.32. The predicted molar refractivity (Wildman–Crippen MR) is 67.5 cm³/mol. The molecule has 0 N–H and O–H groups in total. The molecule has 1 unspecified atom stereocenters. The Morgan fingerprint density at radius 3 is 2.67 bits per heavy atom. The first-order valence-electron chi connectivity index (χ1n) is 4.65. The van der Waals surface area contributed by atoms with Crippen LogP contribution in [0, 0.1) is 11.8 Å². The van der Waals surface area contributed by atoms with Crippen LogP contribution in [0.1, 0.15) is 12.5 Å². The van der Waals surface area contributed by atoms with E-state index in [0.29, 0.717) is 0 Å². The Balaban J connectivity index is 2.80. The van der Waals surface area contributed by atoms with Gasteiger partial charge in [0, 0.05) is 30.7 Å². The summed E-state index contributed by atoms with van der Waals surface area (Å²) in [6.07, 6.45) is 5.54. The number of aliphatic imine (C=N–C) groups is 1. The SMILES string of the molecule is CN=C(C)C(C#Cc1ccncc1)SC. The van der Waals surface area contributed by atoms with E-state index in [0.717, 1.165) is 11.3 Å². The van der Waals surface area contributed by atoms with Gasteiger partial charge in [0.15, 0.2) is 0 Å². The third kappa shape index (κ3) is 3.77. The van der Waals surface area contributed by atoms with Crippen LogP contribution in [-0.2, 0) is 0 Å². The van der Waals surface area contributed by atoms with Gasteiger partial charge in [-0.3, -0.25) is 9.98 Å². The van der Waals surface area contributed by atoms with Crippen LogP contribution in [0.3, 0.4) is 0 Å². The highest BCUT2D eigenvalue weighted by Crippen LogP contribution is 2.07. The molecule has 0 aliphatic rings. The number of aromatic nitrogens is 1. The van der Waals surface area contributed by atoms with Gasteiger partial charge in [-0.25, -0.2) is 0 Å². The Labute approximate surface area is 95.2 Å². The second-order valence-corrected chi connectivity index (χ2v) is 3.93. The average molecular weight is 218 g/mol. The second-order valence-electron chi connectivity index (χ2n) is 2.99. The first-order chi connectivity index (χ1) is 7.27. The molecule has 2 nitrogen and oxygen atoms in total. The largest absolute Gasteiger partial charge is 0.296 e. The number of hydrogen-bond acceptors (Lipinski definition) is 3. The Bertz CT molecular complexity index is 387. The summed E-state index contributed by atoms with van der Waals surface area (Å²) in [6, 6.07) is 3.81. The van der Waals surface area contributed by atoms with Gasteiger partial charge in [0.1, 0.15) is 5.25 Å². The van der Waals surface area contributed by atoms with E-state index < -0.39 is 0 Å². The van der Waals surface area contributed by atoms with Gasteiger partial charge in [-0.2, -0.15) is 0 Å². The Hall–Kier alpha value is -1.27. The van der Waals surface area contributed by atoms with Crippen LogP contribution in [0.2, 0.25) is 0 Å². The van der Waals surface area contributed by atoms with E-state index in [-0.39, 0.29) is 5.25 Å². The predicted octanol–water partition coefficient (Wildman–Crippen LogP) is 2.26. The first-order valence-corrected chi connectivity index (χ1v) is 5.94. The maximum absolute atomic E-state index is 4.15. The molecular formula is C12H14N2S. The molecule has 0 amide bonds. The summed E-state index contributed by atoms with van der Waals surface area (Å²) in [5.74, 6) is 6.31. The zero-order valence-corrected chi connectivity index (χ0v) is 10.0. The minimum absolute atomic E-state index is 0.183. The van der Waals surface area contributed by atoms with Crippen LogP contribution in [0.4, 0.5) is 0 Å². The van der Waals surface area contributed by atoms with Gasteiger partial charge in [0.25, 0.3) is 0 Å². The van der Waals surface area contributed by atoms with Gasteiger partial charge in [-0.05, 0) is 25.3 Å². The third-order valence-corrected chi connectivity index (χ3v) is 2.93. The lowest BCUT2D eigenvalue weighted by atomic mass is 10.2. The van der Waals surface area contributed by atoms with E-state index in [1.165, 1.54) is 0 Å². The van der Waals surface area contributed by atoms with Crippen LogP contribution in [-0.4, -0.2) is 29.2 Å². The van der Waals surface area contributed by atoms with Crippen molar-refractivity contribution in [1.82, 2.24) is 4.98 Å². The fourth-order valence-electron chi connectivity index (χ4n) is 1.04. The van der Waals surface area contributed by atoms with Crippen molar-refractivity contribution in [3.05, 3.63) is 30.1 Å². The van der Waals surface area contributed by atoms with Crippen LogP contribution in [0.25, 0.3) is 0 Å². The van der Waals surface area contributed by atoms with E-state index >= 15 is 0 Å². The minimum Gasteiger partial charge on any atom is -0.296 e. The number of thioether (sulfide) groups is 1.